The fourth-order valence-electron chi connectivity index (χ4n) is 3.92. The third-order valence-corrected chi connectivity index (χ3v) is 6.12. The molecule has 2 unspecified atom stereocenters. The van der Waals surface area contributed by atoms with E-state index in [1.165, 1.54) is 0 Å². The Morgan fingerprint density at radius 2 is 0.737 bits per heavy atom. The molecule has 6 N–H and O–H groups in total. The van der Waals surface area contributed by atoms with Crippen molar-refractivity contribution in [2.24, 2.45) is 0 Å². The first-order chi connectivity index (χ1) is 18.0. The molecule has 0 rings (SSSR count). The highest BCUT2D eigenvalue weighted by Crippen LogP contribution is 2.13. The van der Waals surface area contributed by atoms with Gasteiger partial charge in [-0.2, -0.15) is 0 Å². The van der Waals surface area contributed by atoms with Gasteiger partial charge in [0.15, 0.2) is 0 Å². The number of hydrogen-bond donors (Lipinski definition) is 6. The Morgan fingerprint density at radius 3 is 1.11 bits per heavy atom. The van der Waals surface area contributed by atoms with E-state index >= 15 is 0 Å². The molecule has 218 valence electrons. The first kappa shape index (κ1) is 34.8. The summed E-state index contributed by atoms with van der Waals surface area (Å²) in [4.78, 5) is 67.7. The van der Waals surface area contributed by atoms with Crippen molar-refractivity contribution in [3.05, 3.63) is 0 Å². The maximum absolute atomic E-state index is 12.1. The summed E-state index contributed by atoms with van der Waals surface area (Å²) in [5.74, 6) is -5.78. The Hall–Kier alpha value is -3.18. The van der Waals surface area contributed by atoms with Crippen molar-refractivity contribution in [2.45, 2.75) is 128 Å². The van der Waals surface area contributed by atoms with Crippen molar-refractivity contribution in [2.75, 3.05) is 0 Å². The summed E-state index contributed by atoms with van der Waals surface area (Å²) < 4.78 is 0. The highest BCUT2D eigenvalue weighted by molar-refractivity contribution is 5.86. The molecule has 0 bridgehead atoms. The van der Waals surface area contributed by atoms with Crippen molar-refractivity contribution < 1.29 is 49.2 Å². The number of aliphatic carboxylic acids is 4. The van der Waals surface area contributed by atoms with Crippen molar-refractivity contribution in [1.29, 1.82) is 0 Å². The minimum Gasteiger partial charge on any atom is -0.481 e. The lowest BCUT2D eigenvalue weighted by Crippen LogP contribution is -2.44. The fraction of sp³-hybridized carbons (Fsp3) is 0.769. The molecule has 0 aromatic heterocycles. The largest absolute Gasteiger partial charge is 0.481 e. The highest BCUT2D eigenvalue weighted by Gasteiger charge is 2.24. The number of hydrogen-bond acceptors (Lipinski definition) is 6. The molecule has 0 aromatic rings. The quantitative estimate of drug-likeness (QED) is 0.0924. The standard InChI is InChI=1S/C26H44N2O10/c29-21(13-11-9-7-5-3-1-2-4-6-8-10-12-14-23(31)32)27-19(25(35)36)15-17-22(30)28-20(26(37)38)16-18-24(33)34/h19-20H,1-18H2,(H,27,29)(H,28,30)(H,31,32)(H,33,34)(H,35,36)(H,37,38). The minimum absolute atomic E-state index is 0.175. The summed E-state index contributed by atoms with van der Waals surface area (Å²) in [6, 6.07) is -2.67. The second-order valence-corrected chi connectivity index (χ2v) is 9.52. The predicted octanol–water partition coefficient (Wildman–Crippen LogP) is 3.32. The van der Waals surface area contributed by atoms with E-state index in [9.17, 15) is 33.9 Å². The Bertz CT molecular complexity index is 756. The molecule has 0 fully saturated rings. The monoisotopic (exact) mass is 544 g/mol. The summed E-state index contributed by atoms with van der Waals surface area (Å²) in [7, 11) is 0. The van der Waals surface area contributed by atoms with Gasteiger partial charge in [-0.1, -0.05) is 64.2 Å². The van der Waals surface area contributed by atoms with Gasteiger partial charge in [0, 0.05) is 25.7 Å². The van der Waals surface area contributed by atoms with E-state index in [0.29, 0.717) is 6.42 Å². The van der Waals surface area contributed by atoms with Gasteiger partial charge >= 0.3 is 23.9 Å². The van der Waals surface area contributed by atoms with Gasteiger partial charge in [0.05, 0.1) is 0 Å². The summed E-state index contributed by atoms with van der Waals surface area (Å²) >= 11 is 0. The van der Waals surface area contributed by atoms with Crippen molar-refractivity contribution in [3.63, 3.8) is 0 Å². The Labute approximate surface area is 223 Å². The average Bonchev–Trinajstić information content (AvgIpc) is 2.83. The molecule has 0 aromatic carbocycles. The number of carbonyl (C=O) groups excluding carboxylic acids is 2. The molecule has 0 aliphatic rings. The van der Waals surface area contributed by atoms with Crippen LogP contribution in [0.15, 0.2) is 0 Å². The zero-order valence-corrected chi connectivity index (χ0v) is 22.1. The van der Waals surface area contributed by atoms with E-state index in [0.717, 1.165) is 70.6 Å². The van der Waals surface area contributed by atoms with E-state index in [1.807, 2.05) is 0 Å². The van der Waals surface area contributed by atoms with Crippen LogP contribution in [-0.2, 0) is 28.8 Å². The second-order valence-electron chi connectivity index (χ2n) is 9.52. The third kappa shape index (κ3) is 21.0. The molecule has 0 saturated carbocycles. The van der Waals surface area contributed by atoms with Crippen LogP contribution in [0.1, 0.15) is 116 Å². The summed E-state index contributed by atoms with van der Waals surface area (Å²) in [6.45, 7) is 0. The maximum Gasteiger partial charge on any atom is 0.326 e. The van der Waals surface area contributed by atoms with E-state index in [2.05, 4.69) is 10.6 Å². The number of amides is 2. The number of carboxylic acids is 4. The molecular formula is C26H44N2O10. The van der Waals surface area contributed by atoms with Gasteiger partial charge in [-0.05, 0) is 25.7 Å². The van der Waals surface area contributed by atoms with Crippen molar-refractivity contribution >= 4 is 35.7 Å². The smallest absolute Gasteiger partial charge is 0.326 e. The zero-order valence-electron chi connectivity index (χ0n) is 22.1. The van der Waals surface area contributed by atoms with Crippen molar-refractivity contribution in [1.82, 2.24) is 10.6 Å². The number of nitrogens with one attached hydrogen (secondary N) is 2. The average molecular weight is 545 g/mol. The van der Waals surface area contributed by atoms with Crippen LogP contribution in [0.5, 0.6) is 0 Å². The predicted molar refractivity (Wildman–Crippen MR) is 138 cm³/mol. The van der Waals surface area contributed by atoms with Gasteiger partial charge in [-0.25, -0.2) is 9.59 Å². The Balaban J connectivity index is 3.95. The number of unbranched alkanes of at least 4 members (excludes halogenated alkanes) is 11. The molecule has 38 heavy (non-hydrogen) atoms. The molecule has 2 amide bonds. The van der Waals surface area contributed by atoms with Gasteiger partial charge in [0.25, 0.3) is 0 Å². The highest BCUT2D eigenvalue weighted by atomic mass is 16.4. The van der Waals surface area contributed by atoms with Gasteiger partial charge in [-0.3, -0.25) is 19.2 Å². The van der Waals surface area contributed by atoms with E-state index in [4.69, 9.17) is 15.3 Å². The topological polar surface area (TPSA) is 207 Å². The van der Waals surface area contributed by atoms with Crippen LogP contribution in [0.2, 0.25) is 0 Å². The molecule has 0 aliphatic carbocycles. The molecule has 0 radical (unpaired) electrons. The first-order valence-electron chi connectivity index (χ1n) is 13.5. The summed E-state index contributed by atoms with van der Waals surface area (Å²) in [6.07, 6.45) is 11.2. The maximum atomic E-state index is 12.1. The van der Waals surface area contributed by atoms with Crippen LogP contribution in [0.4, 0.5) is 0 Å². The Morgan fingerprint density at radius 1 is 0.421 bits per heavy atom. The summed E-state index contributed by atoms with van der Waals surface area (Å²) in [5, 5.41) is 40.2. The van der Waals surface area contributed by atoms with Gasteiger partial charge in [0.2, 0.25) is 11.8 Å². The molecule has 12 nitrogen and oxygen atoms in total. The van der Waals surface area contributed by atoms with Gasteiger partial charge < -0.3 is 31.1 Å². The SMILES string of the molecule is O=C(O)CCCCCCCCCCCCCCC(=O)NC(CCC(=O)NC(CCC(=O)O)C(=O)O)C(=O)O. The Kier molecular flexibility index (Phi) is 20.0. The van der Waals surface area contributed by atoms with E-state index < -0.39 is 54.2 Å². The van der Waals surface area contributed by atoms with Crippen LogP contribution in [0, 0.1) is 0 Å². The number of carboxylic acid groups (broad SMARTS) is 4. The van der Waals surface area contributed by atoms with Crippen LogP contribution in [0.3, 0.4) is 0 Å². The second kappa shape index (κ2) is 21.9. The summed E-state index contributed by atoms with van der Waals surface area (Å²) in [5.41, 5.74) is 0. The molecule has 2 atom stereocenters. The lowest BCUT2D eigenvalue weighted by molar-refractivity contribution is -0.144. The molecular weight excluding hydrogens is 500 g/mol. The molecule has 0 aliphatic heterocycles. The normalized spacial score (nSPS) is 12.3. The first-order valence-corrected chi connectivity index (χ1v) is 13.5. The lowest BCUT2D eigenvalue weighted by atomic mass is 10.0. The molecule has 12 heteroatoms. The van der Waals surface area contributed by atoms with Crippen LogP contribution in [0.25, 0.3) is 0 Å². The van der Waals surface area contributed by atoms with Crippen LogP contribution < -0.4 is 10.6 Å². The van der Waals surface area contributed by atoms with E-state index in [-0.39, 0.29) is 32.1 Å². The third-order valence-electron chi connectivity index (χ3n) is 6.12. The number of carbonyl (C=O) groups is 6. The van der Waals surface area contributed by atoms with Gasteiger partial charge in [-0.15, -0.1) is 0 Å². The zero-order chi connectivity index (χ0) is 28.8. The molecule has 0 saturated heterocycles. The van der Waals surface area contributed by atoms with E-state index in [1.54, 1.807) is 0 Å². The molecule has 0 heterocycles. The minimum atomic E-state index is -1.39. The van der Waals surface area contributed by atoms with Gasteiger partial charge in [0.1, 0.15) is 12.1 Å². The van der Waals surface area contributed by atoms with Crippen molar-refractivity contribution in [3.8, 4) is 0 Å². The van der Waals surface area contributed by atoms with Crippen LogP contribution >= 0.6 is 0 Å². The number of rotatable bonds is 25. The van der Waals surface area contributed by atoms with Crippen LogP contribution in [-0.4, -0.2) is 68.2 Å². The fourth-order valence-corrected chi connectivity index (χ4v) is 3.92. The molecule has 0 spiro atoms. The lowest BCUT2D eigenvalue weighted by Gasteiger charge is -2.16.